The minimum Gasteiger partial charge on any atom is -0.147 e. The molecule has 0 unspecified atom stereocenters. The Hall–Kier alpha value is 0.0600. The van der Waals surface area contributed by atoms with Crippen molar-refractivity contribution in [1.82, 2.24) is 0 Å². The van der Waals surface area contributed by atoms with Gasteiger partial charge in [-0.25, -0.2) is 0 Å². The Kier molecular flexibility index (Phi) is 210. The molecule has 0 radical (unpaired) electrons. The summed E-state index contributed by atoms with van der Waals surface area (Å²) in [6.45, 7) is 0. The maximum atomic E-state index is 2.12. The lowest BCUT2D eigenvalue weighted by Crippen LogP contribution is -1.37. The predicted molar refractivity (Wildman–Crippen MR) is 71.0 cm³/mol. The van der Waals surface area contributed by atoms with Crippen LogP contribution in [0, 0.1) is 0 Å². The van der Waals surface area contributed by atoms with Gasteiger partial charge in [-0.3, -0.25) is 0 Å². The standard InChI is InChI=1S/C5H6.5CH4.2ClH/c1-2-4-5-3-1;;;;;;;/h1-4H,5H2;5*1H4;2*1H. The average molecular weight is 219 g/mol. The summed E-state index contributed by atoms with van der Waals surface area (Å²) in [5.74, 6) is 0. The molecule has 1 aliphatic carbocycles. The summed E-state index contributed by atoms with van der Waals surface area (Å²) >= 11 is 0. The fourth-order valence-electron chi connectivity index (χ4n) is 0.393. The Morgan fingerprint density at radius 3 is 0.917 bits per heavy atom. The fraction of sp³-hybridized carbons (Fsp3) is 0.600. The van der Waals surface area contributed by atoms with Crippen molar-refractivity contribution in [2.75, 3.05) is 0 Å². The highest BCUT2D eigenvalue weighted by atomic mass is 35.5. The summed E-state index contributed by atoms with van der Waals surface area (Å²) in [6.07, 6.45) is 9.50. The summed E-state index contributed by atoms with van der Waals surface area (Å²) in [7, 11) is 0. The highest BCUT2D eigenvalue weighted by Crippen LogP contribution is 1.93. The number of hydrogen-bond acceptors (Lipinski definition) is 0. The topological polar surface area (TPSA) is 0 Å². The average Bonchev–Trinajstić information content (AvgIpc) is 1.76. The maximum absolute atomic E-state index is 2.12. The first-order chi connectivity index (χ1) is 2.50. The molecule has 0 N–H and O–H groups in total. The third kappa shape index (κ3) is 32.3. The van der Waals surface area contributed by atoms with Crippen molar-refractivity contribution < 1.29 is 0 Å². The quantitative estimate of drug-likeness (QED) is 0.502. The molecule has 0 aromatic rings. The minimum atomic E-state index is 0. The number of allylic oxidation sites excluding steroid dienone is 4. The summed E-state index contributed by atoms with van der Waals surface area (Å²) in [6, 6.07) is 0. The molecule has 0 saturated heterocycles. The lowest BCUT2D eigenvalue weighted by molar-refractivity contribution is 1.45. The van der Waals surface area contributed by atoms with Gasteiger partial charge in [-0.15, -0.1) is 24.8 Å². The molecule has 0 aromatic heterocycles. The highest BCUT2D eigenvalue weighted by molar-refractivity contribution is 5.85. The molecule has 0 spiro atoms. The van der Waals surface area contributed by atoms with Gasteiger partial charge in [0.15, 0.2) is 0 Å². The maximum Gasteiger partial charge on any atom is -0.0163 e. The molecule has 0 amide bonds. The summed E-state index contributed by atoms with van der Waals surface area (Å²) in [5, 5.41) is 0. The molecule has 12 heavy (non-hydrogen) atoms. The van der Waals surface area contributed by atoms with E-state index in [1.54, 1.807) is 0 Å². The summed E-state index contributed by atoms with van der Waals surface area (Å²) in [5.41, 5.74) is 0. The van der Waals surface area contributed by atoms with E-state index in [2.05, 4.69) is 24.3 Å². The van der Waals surface area contributed by atoms with Gasteiger partial charge in [0, 0.05) is 0 Å². The largest absolute Gasteiger partial charge is 0.147 e. The van der Waals surface area contributed by atoms with E-state index >= 15 is 0 Å². The van der Waals surface area contributed by atoms with E-state index < -0.39 is 0 Å². The zero-order valence-electron chi connectivity index (χ0n) is 3.83. The molecule has 82 valence electrons. The monoisotopic (exact) mass is 218 g/mol. The van der Waals surface area contributed by atoms with Crippen LogP contribution in [0.25, 0.3) is 0 Å². The molecule has 0 atom stereocenters. The number of hydrogen-bond donors (Lipinski definition) is 0. The SMILES string of the molecule is C.C.C.C.C.C1=CCC=C1.Cl.Cl. The van der Waals surface area contributed by atoms with Crippen molar-refractivity contribution in [3.63, 3.8) is 0 Å². The van der Waals surface area contributed by atoms with Gasteiger partial charge < -0.3 is 0 Å². The molecule has 0 heterocycles. The summed E-state index contributed by atoms with van der Waals surface area (Å²) < 4.78 is 0. The molecule has 0 aromatic carbocycles. The lowest BCUT2D eigenvalue weighted by atomic mass is 10.5. The van der Waals surface area contributed by atoms with Crippen molar-refractivity contribution >= 4 is 24.8 Å². The highest BCUT2D eigenvalue weighted by Gasteiger charge is 1.72. The zero-order chi connectivity index (χ0) is 3.54. The van der Waals surface area contributed by atoms with Crippen LogP contribution >= 0.6 is 24.8 Å². The first-order valence-corrected chi connectivity index (χ1v) is 1.82. The van der Waals surface area contributed by atoms with Gasteiger partial charge in [0.05, 0.1) is 0 Å². The second-order valence-corrected chi connectivity index (χ2v) is 1.09. The smallest absolute Gasteiger partial charge is 0.0163 e. The van der Waals surface area contributed by atoms with Crippen LogP contribution in [-0.4, -0.2) is 0 Å². The van der Waals surface area contributed by atoms with Gasteiger partial charge in [-0.2, -0.15) is 0 Å². The second kappa shape index (κ2) is 43.7. The third-order valence-electron chi connectivity index (χ3n) is 0.655. The predicted octanol–water partition coefficient (Wildman–Crippen LogP) is 5.53. The van der Waals surface area contributed by atoms with Crippen molar-refractivity contribution in [2.24, 2.45) is 0 Å². The zero-order valence-corrected chi connectivity index (χ0v) is 5.47. The van der Waals surface area contributed by atoms with E-state index in [4.69, 9.17) is 0 Å². The van der Waals surface area contributed by atoms with Crippen LogP contribution in [0.4, 0.5) is 0 Å². The van der Waals surface area contributed by atoms with Crippen LogP contribution in [0.3, 0.4) is 0 Å². The van der Waals surface area contributed by atoms with Crippen LogP contribution in [0.15, 0.2) is 24.3 Å². The molecule has 1 rings (SSSR count). The first kappa shape index (κ1) is 57.6. The first-order valence-electron chi connectivity index (χ1n) is 1.82. The number of rotatable bonds is 0. The Balaban J connectivity index is -0.00000000714. The molecule has 0 aliphatic heterocycles. The van der Waals surface area contributed by atoms with Crippen molar-refractivity contribution in [3.05, 3.63) is 24.3 Å². The number of halogens is 2. The van der Waals surface area contributed by atoms with Gasteiger partial charge in [0.2, 0.25) is 0 Å². The lowest BCUT2D eigenvalue weighted by Gasteiger charge is -1.57. The summed E-state index contributed by atoms with van der Waals surface area (Å²) in [4.78, 5) is 0. The normalized spacial score (nSPS) is 7.33. The van der Waals surface area contributed by atoms with Crippen molar-refractivity contribution in [3.8, 4) is 0 Å². The minimum absolute atomic E-state index is 0. The van der Waals surface area contributed by atoms with Crippen molar-refractivity contribution in [1.29, 1.82) is 0 Å². The Labute approximate surface area is 93.0 Å². The van der Waals surface area contributed by atoms with E-state index in [0.717, 1.165) is 6.42 Å². The van der Waals surface area contributed by atoms with Crippen molar-refractivity contribution in [2.45, 2.75) is 43.6 Å². The van der Waals surface area contributed by atoms with Gasteiger partial charge in [0.1, 0.15) is 0 Å². The van der Waals surface area contributed by atoms with Gasteiger partial charge in [-0.05, 0) is 6.42 Å². The molecule has 0 nitrogen and oxygen atoms in total. The van der Waals surface area contributed by atoms with E-state index in [9.17, 15) is 0 Å². The van der Waals surface area contributed by atoms with Crippen LogP contribution < -0.4 is 0 Å². The fourth-order valence-corrected chi connectivity index (χ4v) is 0.393. The van der Waals surface area contributed by atoms with E-state index in [0.29, 0.717) is 0 Å². The Morgan fingerprint density at radius 1 is 0.583 bits per heavy atom. The third-order valence-corrected chi connectivity index (χ3v) is 0.655. The van der Waals surface area contributed by atoms with Gasteiger partial charge >= 0.3 is 0 Å². The Morgan fingerprint density at radius 2 is 0.833 bits per heavy atom. The van der Waals surface area contributed by atoms with Crippen LogP contribution in [0.2, 0.25) is 0 Å². The van der Waals surface area contributed by atoms with Crippen LogP contribution in [0.1, 0.15) is 43.6 Å². The van der Waals surface area contributed by atoms with Crippen LogP contribution in [-0.2, 0) is 0 Å². The van der Waals surface area contributed by atoms with Crippen LogP contribution in [0.5, 0.6) is 0 Å². The molecular formula is C10H28Cl2. The molecule has 1 aliphatic rings. The molecular weight excluding hydrogens is 191 g/mol. The van der Waals surface area contributed by atoms with Gasteiger partial charge in [0.25, 0.3) is 0 Å². The molecule has 0 fully saturated rings. The molecule has 2 heteroatoms. The molecule has 0 saturated carbocycles. The molecule has 0 bridgehead atoms. The van der Waals surface area contributed by atoms with Gasteiger partial charge in [-0.1, -0.05) is 61.4 Å². The second-order valence-electron chi connectivity index (χ2n) is 1.09. The van der Waals surface area contributed by atoms with E-state index in [1.807, 2.05) is 0 Å². The van der Waals surface area contributed by atoms with E-state index in [-0.39, 0.29) is 61.9 Å². The Bertz CT molecular complexity index is 65.9. The van der Waals surface area contributed by atoms with E-state index in [1.165, 1.54) is 0 Å².